The molecule has 3 aromatic heterocycles. The first-order valence-corrected chi connectivity index (χ1v) is 6.20. The average Bonchev–Trinajstić information content (AvgIpc) is 3.09. The van der Waals surface area contributed by atoms with Crippen LogP contribution in [-0.2, 0) is 0 Å². The minimum atomic E-state index is -0.511. The molecule has 0 N–H and O–H groups in total. The molecular formula is C11H6N4O4S. The van der Waals surface area contributed by atoms with Gasteiger partial charge >= 0.3 is 0 Å². The van der Waals surface area contributed by atoms with Gasteiger partial charge in [0.2, 0.25) is 0 Å². The zero-order valence-corrected chi connectivity index (χ0v) is 10.6. The van der Waals surface area contributed by atoms with Gasteiger partial charge in [0, 0.05) is 6.07 Å². The van der Waals surface area contributed by atoms with Crippen LogP contribution in [0.4, 0.5) is 5.69 Å². The highest BCUT2D eigenvalue weighted by Crippen LogP contribution is 2.28. The second-order valence-electron chi connectivity index (χ2n) is 3.56. The molecule has 100 valence electrons. The van der Waals surface area contributed by atoms with E-state index in [0.29, 0.717) is 10.8 Å². The van der Waals surface area contributed by atoms with Gasteiger partial charge in [-0.1, -0.05) is 0 Å². The van der Waals surface area contributed by atoms with Gasteiger partial charge in [-0.25, -0.2) is 4.98 Å². The Morgan fingerprint density at radius 1 is 1.25 bits per heavy atom. The minimum Gasteiger partial charge on any atom is -0.459 e. The van der Waals surface area contributed by atoms with Crippen LogP contribution in [0.2, 0.25) is 0 Å². The van der Waals surface area contributed by atoms with E-state index in [2.05, 4.69) is 15.2 Å². The molecule has 0 aromatic carbocycles. The van der Waals surface area contributed by atoms with Crippen molar-refractivity contribution in [1.82, 2.24) is 15.2 Å². The van der Waals surface area contributed by atoms with Gasteiger partial charge in [-0.15, -0.1) is 10.2 Å². The molecule has 0 saturated heterocycles. The molecule has 3 heterocycles. The van der Waals surface area contributed by atoms with Crippen molar-refractivity contribution < 1.29 is 13.8 Å². The molecule has 8 nitrogen and oxygen atoms in total. The van der Waals surface area contributed by atoms with E-state index in [1.807, 2.05) is 0 Å². The fourth-order valence-electron chi connectivity index (χ4n) is 1.38. The van der Waals surface area contributed by atoms with Gasteiger partial charge in [0.15, 0.2) is 5.76 Å². The second-order valence-corrected chi connectivity index (χ2v) is 4.54. The van der Waals surface area contributed by atoms with Crippen LogP contribution in [0.15, 0.2) is 55.8 Å². The lowest BCUT2D eigenvalue weighted by atomic mass is 10.4. The summed E-state index contributed by atoms with van der Waals surface area (Å²) in [6, 6.07) is 6.29. The zero-order valence-electron chi connectivity index (χ0n) is 9.79. The van der Waals surface area contributed by atoms with E-state index in [-0.39, 0.29) is 16.8 Å². The fraction of sp³-hybridized carbons (Fsp3) is 0. The van der Waals surface area contributed by atoms with Crippen molar-refractivity contribution in [3.05, 3.63) is 46.8 Å². The molecule has 0 aliphatic heterocycles. The van der Waals surface area contributed by atoms with E-state index in [4.69, 9.17) is 8.83 Å². The molecule has 0 unspecified atom stereocenters. The molecule has 0 radical (unpaired) electrons. The Balaban J connectivity index is 1.76. The maximum atomic E-state index is 10.5. The lowest BCUT2D eigenvalue weighted by molar-refractivity contribution is -0.385. The summed E-state index contributed by atoms with van der Waals surface area (Å²) in [6.45, 7) is 0. The Labute approximate surface area is 116 Å². The fourth-order valence-corrected chi connectivity index (χ4v) is 2.00. The van der Waals surface area contributed by atoms with E-state index in [1.54, 1.807) is 12.1 Å². The third-order valence-electron chi connectivity index (χ3n) is 2.26. The normalized spacial score (nSPS) is 10.6. The third-order valence-corrected chi connectivity index (χ3v) is 3.05. The number of pyridine rings is 1. The zero-order chi connectivity index (χ0) is 13.9. The van der Waals surface area contributed by atoms with Gasteiger partial charge in [0.25, 0.3) is 16.8 Å². The summed E-state index contributed by atoms with van der Waals surface area (Å²) in [5.74, 6) is 0.737. The van der Waals surface area contributed by atoms with Crippen LogP contribution in [0.25, 0.3) is 11.7 Å². The topological polar surface area (TPSA) is 108 Å². The first-order valence-electron chi connectivity index (χ1n) is 5.38. The summed E-state index contributed by atoms with van der Waals surface area (Å²) in [6.07, 6.45) is 2.68. The molecule has 0 amide bonds. The summed E-state index contributed by atoms with van der Waals surface area (Å²) in [7, 11) is 0. The monoisotopic (exact) mass is 290 g/mol. The largest absolute Gasteiger partial charge is 0.459 e. The Bertz CT molecular complexity index is 723. The van der Waals surface area contributed by atoms with Crippen molar-refractivity contribution in [2.75, 3.05) is 0 Å². The Morgan fingerprint density at radius 2 is 2.15 bits per heavy atom. The van der Waals surface area contributed by atoms with Crippen molar-refractivity contribution in [2.24, 2.45) is 0 Å². The van der Waals surface area contributed by atoms with Gasteiger partial charge in [-0.3, -0.25) is 10.1 Å². The Morgan fingerprint density at radius 3 is 2.80 bits per heavy atom. The summed E-state index contributed by atoms with van der Waals surface area (Å²) in [5.41, 5.74) is -0.0730. The van der Waals surface area contributed by atoms with E-state index in [1.165, 1.54) is 24.6 Å². The SMILES string of the molecule is O=[N+]([O-])c1ccc(Sc2nnc(-c3ccco3)o2)nc1. The van der Waals surface area contributed by atoms with E-state index >= 15 is 0 Å². The summed E-state index contributed by atoms with van der Waals surface area (Å²) < 4.78 is 10.5. The summed E-state index contributed by atoms with van der Waals surface area (Å²) in [4.78, 5) is 13.9. The van der Waals surface area contributed by atoms with Gasteiger partial charge in [0.05, 0.1) is 11.2 Å². The van der Waals surface area contributed by atoms with E-state index in [9.17, 15) is 10.1 Å². The number of rotatable bonds is 4. The third kappa shape index (κ3) is 2.52. The van der Waals surface area contributed by atoms with Crippen molar-refractivity contribution in [3.8, 4) is 11.7 Å². The maximum absolute atomic E-state index is 10.5. The summed E-state index contributed by atoms with van der Waals surface area (Å²) >= 11 is 1.11. The van der Waals surface area contributed by atoms with Gasteiger partial charge < -0.3 is 8.83 Å². The molecule has 0 aliphatic carbocycles. The second kappa shape index (κ2) is 5.13. The van der Waals surface area contributed by atoms with E-state index in [0.717, 1.165) is 11.8 Å². The number of nitrogens with zero attached hydrogens (tertiary/aromatic N) is 4. The molecule has 3 rings (SSSR count). The molecule has 3 aromatic rings. The van der Waals surface area contributed by atoms with Gasteiger partial charge in [-0.05, 0) is 30.0 Å². The minimum absolute atomic E-state index is 0.0730. The van der Waals surface area contributed by atoms with Crippen molar-refractivity contribution >= 4 is 17.4 Å². The molecule has 9 heteroatoms. The molecule has 0 atom stereocenters. The lowest BCUT2D eigenvalue weighted by Gasteiger charge is -1.94. The highest BCUT2D eigenvalue weighted by atomic mass is 32.2. The van der Waals surface area contributed by atoms with Crippen molar-refractivity contribution in [1.29, 1.82) is 0 Å². The lowest BCUT2D eigenvalue weighted by Crippen LogP contribution is -1.89. The number of aromatic nitrogens is 3. The van der Waals surface area contributed by atoms with Crippen LogP contribution in [0.3, 0.4) is 0 Å². The van der Waals surface area contributed by atoms with Crippen LogP contribution in [0.1, 0.15) is 0 Å². The first-order chi connectivity index (χ1) is 9.72. The van der Waals surface area contributed by atoms with Crippen LogP contribution < -0.4 is 0 Å². The van der Waals surface area contributed by atoms with Crippen LogP contribution in [-0.4, -0.2) is 20.1 Å². The number of hydrogen-bond donors (Lipinski definition) is 0. The summed E-state index contributed by atoms with van der Waals surface area (Å²) in [5, 5.41) is 19.0. The first kappa shape index (κ1) is 12.4. The van der Waals surface area contributed by atoms with Crippen molar-refractivity contribution in [2.45, 2.75) is 10.2 Å². The molecular weight excluding hydrogens is 284 g/mol. The van der Waals surface area contributed by atoms with Crippen molar-refractivity contribution in [3.63, 3.8) is 0 Å². The van der Waals surface area contributed by atoms with Crippen LogP contribution in [0.5, 0.6) is 0 Å². The predicted octanol–water partition coefficient (Wildman–Crippen LogP) is 2.78. The Hall–Kier alpha value is -2.68. The average molecular weight is 290 g/mol. The van der Waals surface area contributed by atoms with Crippen LogP contribution in [0, 0.1) is 10.1 Å². The molecule has 0 saturated carbocycles. The highest BCUT2D eigenvalue weighted by molar-refractivity contribution is 7.99. The maximum Gasteiger partial charge on any atom is 0.287 e. The molecule has 0 fully saturated rings. The number of hydrogen-bond acceptors (Lipinski definition) is 8. The Kier molecular flexibility index (Phi) is 3.17. The molecule has 0 bridgehead atoms. The predicted molar refractivity (Wildman–Crippen MR) is 67.0 cm³/mol. The van der Waals surface area contributed by atoms with E-state index < -0.39 is 4.92 Å². The quantitative estimate of drug-likeness (QED) is 0.533. The van der Waals surface area contributed by atoms with Gasteiger partial charge in [0.1, 0.15) is 11.2 Å². The van der Waals surface area contributed by atoms with Gasteiger partial charge in [-0.2, -0.15) is 0 Å². The molecule has 0 aliphatic rings. The van der Waals surface area contributed by atoms with Crippen LogP contribution >= 0.6 is 11.8 Å². The molecule has 20 heavy (non-hydrogen) atoms. The smallest absolute Gasteiger partial charge is 0.287 e. The standard InChI is InChI=1S/C11H6N4O4S/c16-15(17)7-3-4-9(12-6-7)20-11-14-13-10(19-11)8-2-1-5-18-8/h1-6H. The highest BCUT2D eigenvalue weighted by Gasteiger charge is 2.13. The number of furan rings is 1. The number of nitro groups is 1. The molecule has 0 spiro atoms.